The summed E-state index contributed by atoms with van der Waals surface area (Å²) >= 11 is 0. The first kappa shape index (κ1) is 22.8. The molecule has 0 aliphatic rings. The largest absolute Gasteiger partial charge is 1.00 e. The van der Waals surface area contributed by atoms with Gasteiger partial charge in [-0.15, -0.1) is 0 Å². The fraction of sp³-hybridized carbons (Fsp3) is 0.571. The van der Waals surface area contributed by atoms with Gasteiger partial charge in [-0.1, -0.05) is 0 Å². The number of carboxylic acid groups (broad SMARTS) is 2. The smallest absolute Gasteiger partial charge is 0.550 e. The van der Waals surface area contributed by atoms with Gasteiger partial charge in [-0.3, -0.25) is 4.79 Å². The molecular weight excluding hydrogens is 274 g/mol. The van der Waals surface area contributed by atoms with Crippen LogP contribution in [0.1, 0.15) is 12.8 Å². The van der Waals surface area contributed by atoms with Crippen LogP contribution in [0.15, 0.2) is 0 Å². The molecule has 7 nitrogen and oxygen atoms in total. The topological polar surface area (TPSA) is 127 Å². The maximum Gasteiger partial charge on any atom is 1.00 e. The molecule has 0 aromatic rings. The van der Waals surface area contributed by atoms with Crippen LogP contribution >= 0.6 is 0 Å². The molecule has 0 aliphatic carbocycles. The third-order valence-electron chi connectivity index (χ3n) is 1.48. The van der Waals surface area contributed by atoms with Gasteiger partial charge >= 0.3 is 109 Å². The number of rotatable bonds is 5. The number of hydrogen-bond acceptors (Lipinski definition) is 7. The summed E-state index contributed by atoms with van der Waals surface area (Å²) < 4.78 is 4.07. The van der Waals surface area contributed by atoms with E-state index in [1.807, 2.05) is 0 Å². The molecule has 0 saturated heterocycles. The van der Waals surface area contributed by atoms with Crippen molar-refractivity contribution in [2.24, 2.45) is 0 Å². The molecule has 0 rings (SSSR count). The van der Waals surface area contributed by atoms with E-state index in [4.69, 9.17) is 0 Å². The average Bonchev–Trinajstić information content (AvgIpc) is 2.02. The molecule has 0 fully saturated rings. The van der Waals surface area contributed by atoms with Crippen LogP contribution in [0.5, 0.6) is 0 Å². The first-order chi connectivity index (χ1) is 6.31. The zero-order valence-corrected chi connectivity index (χ0v) is 15.6. The van der Waals surface area contributed by atoms with E-state index >= 15 is 0 Å². The molecule has 0 radical (unpaired) electrons. The van der Waals surface area contributed by atoms with Crippen molar-refractivity contribution in [1.82, 2.24) is 0 Å². The molecule has 0 saturated carbocycles. The summed E-state index contributed by atoms with van der Waals surface area (Å²) in [4.78, 5) is 31.0. The fourth-order valence-electron chi connectivity index (χ4n) is 0.757. The molecule has 1 N–H and O–H groups in total. The number of aliphatic carboxylic acids is 2. The molecule has 0 aromatic carbocycles. The van der Waals surface area contributed by atoms with Crippen LogP contribution in [0, 0.1) is 0 Å². The van der Waals surface area contributed by atoms with Gasteiger partial charge in [-0.2, -0.15) is 0 Å². The van der Waals surface area contributed by atoms with E-state index < -0.39 is 36.4 Å². The molecule has 0 heterocycles. The quantitative estimate of drug-likeness (QED) is 0.392. The molecule has 0 bridgehead atoms. The minimum absolute atomic E-state index is 0. The van der Waals surface area contributed by atoms with E-state index in [1.54, 1.807) is 0 Å². The van der Waals surface area contributed by atoms with Crippen molar-refractivity contribution in [2.75, 3.05) is 7.11 Å². The Balaban J connectivity index is -0.000000845. The predicted molar refractivity (Wildman–Crippen MR) is 36.2 cm³/mol. The van der Waals surface area contributed by atoms with Crippen molar-refractivity contribution in [3.05, 3.63) is 0 Å². The van der Waals surface area contributed by atoms with Gasteiger partial charge in [0.15, 0.2) is 0 Å². The normalized spacial score (nSPS) is 12.4. The van der Waals surface area contributed by atoms with Gasteiger partial charge in [0.2, 0.25) is 0 Å². The van der Waals surface area contributed by atoms with Gasteiger partial charge in [0.25, 0.3) is 0 Å². The molecule has 9 heteroatoms. The van der Waals surface area contributed by atoms with Gasteiger partial charge in [0.05, 0.1) is 19.5 Å². The second kappa shape index (κ2) is 10.6. The van der Waals surface area contributed by atoms with Crippen molar-refractivity contribution < 1.29 is 137 Å². The minimum Gasteiger partial charge on any atom is -0.550 e. The van der Waals surface area contributed by atoms with E-state index in [9.17, 15) is 29.7 Å². The Kier molecular flexibility index (Phi) is 15.0. The number of carbonyl (C=O) groups excluding carboxylic acids is 3. The Hall–Kier alpha value is 1.64. The summed E-state index contributed by atoms with van der Waals surface area (Å²) in [5.41, 5.74) is -2.79. The summed E-state index contributed by atoms with van der Waals surface area (Å²) in [5, 5.41) is 29.6. The second-order valence-corrected chi connectivity index (χ2v) is 2.62. The number of ether oxygens (including phenoxy) is 1. The second-order valence-electron chi connectivity index (χ2n) is 2.62. The standard InChI is InChI=1S/C7H10O7.2K/c1-14-5(10)3-7(13,6(11)12)2-4(8)9;;/h13H,2-3H2,1H3,(H,8,9)(H,11,12);;/q;2*+1/p-2. The van der Waals surface area contributed by atoms with Crippen molar-refractivity contribution in [3.63, 3.8) is 0 Å². The maximum atomic E-state index is 10.6. The molecule has 1 unspecified atom stereocenters. The van der Waals surface area contributed by atoms with Crippen LogP contribution in [0.4, 0.5) is 0 Å². The molecule has 1 atom stereocenters. The van der Waals surface area contributed by atoms with Crippen LogP contribution in [0.2, 0.25) is 0 Å². The zero-order chi connectivity index (χ0) is 11.4. The van der Waals surface area contributed by atoms with E-state index in [0.29, 0.717) is 0 Å². The van der Waals surface area contributed by atoms with Gasteiger partial charge in [0, 0.05) is 12.4 Å². The van der Waals surface area contributed by atoms with Crippen LogP contribution in [0.25, 0.3) is 0 Å². The molecule has 80 valence electrons. The van der Waals surface area contributed by atoms with E-state index in [2.05, 4.69) is 4.74 Å². The Morgan fingerprint density at radius 2 is 1.62 bits per heavy atom. The van der Waals surface area contributed by atoms with Crippen LogP contribution < -0.4 is 113 Å². The Labute approximate surface area is 177 Å². The van der Waals surface area contributed by atoms with Gasteiger partial charge in [-0.25, -0.2) is 0 Å². The molecule has 16 heavy (non-hydrogen) atoms. The van der Waals surface area contributed by atoms with E-state index in [0.717, 1.165) is 7.11 Å². The van der Waals surface area contributed by atoms with Crippen LogP contribution in [0.3, 0.4) is 0 Å². The Morgan fingerprint density at radius 1 is 1.19 bits per heavy atom. The van der Waals surface area contributed by atoms with E-state index in [-0.39, 0.29) is 103 Å². The summed E-state index contributed by atoms with van der Waals surface area (Å²) in [6.07, 6.45) is -2.23. The molecule has 0 spiro atoms. The minimum atomic E-state index is -2.79. The molecule has 0 amide bonds. The van der Waals surface area contributed by atoms with Crippen molar-refractivity contribution in [2.45, 2.75) is 18.4 Å². The number of esters is 1. The predicted octanol–water partition coefficient (Wildman–Crippen LogP) is -9.82. The Bertz CT molecular complexity index is 267. The number of carboxylic acids is 2. The Morgan fingerprint density at radius 3 is 1.88 bits per heavy atom. The van der Waals surface area contributed by atoms with Crippen LogP contribution in [-0.4, -0.2) is 35.7 Å². The van der Waals surface area contributed by atoms with E-state index in [1.165, 1.54) is 0 Å². The van der Waals surface area contributed by atoms with Crippen LogP contribution in [-0.2, 0) is 19.1 Å². The number of carbonyl (C=O) groups is 3. The van der Waals surface area contributed by atoms with Crippen molar-refractivity contribution in [1.29, 1.82) is 0 Å². The van der Waals surface area contributed by atoms with Gasteiger partial charge in [-0.05, 0) is 0 Å². The summed E-state index contributed by atoms with van der Waals surface area (Å²) in [6, 6.07) is 0. The molecular formula is C7H8K2O7. The molecule has 0 aromatic heterocycles. The third kappa shape index (κ3) is 8.69. The molecule has 0 aliphatic heterocycles. The van der Waals surface area contributed by atoms with Gasteiger partial charge < -0.3 is 29.6 Å². The number of methoxy groups -OCH3 is 1. The number of hydrogen-bond donors (Lipinski definition) is 1. The summed E-state index contributed by atoms with van der Waals surface area (Å²) in [7, 11) is 0.969. The third-order valence-corrected chi connectivity index (χ3v) is 1.48. The SMILES string of the molecule is COC(=O)CC(O)(CC(=O)[O-])C(=O)[O-].[K+].[K+]. The first-order valence-corrected chi connectivity index (χ1v) is 3.52. The average molecular weight is 282 g/mol. The zero-order valence-electron chi connectivity index (χ0n) is 9.31. The first-order valence-electron chi connectivity index (χ1n) is 3.52. The van der Waals surface area contributed by atoms with Crippen molar-refractivity contribution in [3.8, 4) is 0 Å². The maximum absolute atomic E-state index is 10.6. The van der Waals surface area contributed by atoms with Gasteiger partial charge in [0.1, 0.15) is 5.60 Å². The summed E-state index contributed by atoms with van der Waals surface area (Å²) in [6.45, 7) is 0. The fourth-order valence-corrected chi connectivity index (χ4v) is 0.757. The number of aliphatic hydroxyl groups is 1. The summed E-state index contributed by atoms with van der Waals surface area (Å²) in [5.74, 6) is -4.93. The van der Waals surface area contributed by atoms with Crippen molar-refractivity contribution >= 4 is 17.9 Å². The monoisotopic (exact) mass is 282 g/mol.